The highest BCUT2D eigenvalue weighted by Crippen LogP contribution is 2.30. The van der Waals surface area contributed by atoms with Crippen LogP contribution in [0.5, 0.6) is 11.5 Å². The maximum atomic E-state index is 11.1. The topological polar surface area (TPSA) is 65.0 Å². The van der Waals surface area contributed by atoms with E-state index in [4.69, 9.17) is 9.47 Å². The van der Waals surface area contributed by atoms with Crippen molar-refractivity contribution in [2.45, 2.75) is 12.5 Å². The van der Waals surface area contributed by atoms with E-state index in [0.717, 1.165) is 0 Å². The van der Waals surface area contributed by atoms with Crippen LogP contribution < -0.4 is 9.47 Å². The van der Waals surface area contributed by atoms with Crippen molar-refractivity contribution >= 4 is 5.97 Å². The van der Waals surface area contributed by atoms with Gasteiger partial charge in [-0.25, -0.2) is 0 Å². The number of aliphatic hydroxyl groups excluding tert-OH is 1. The molecule has 0 aliphatic heterocycles. The molecule has 1 rings (SSSR count). The van der Waals surface area contributed by atoms with Crippen LogP contribution in [0.3, 0.4) is 0 Å². The SMILES string of the molecule is COC(=O)CC(O)c1cc(OC)ccc1OC. The zero-order valence-electron chi connectivity index (χ0n) is 10.1. The fourth-order valence-corrected chi connectivity index (χ4v) is 1.45. The quantitative estimate of drug-likeness (QED) is 0.786. The molecule has 0 bridgehead atoms. The first-order valence-electron chi connectivity index (χ1n) is 5.09. The van der Waals surface area contributed by atoms with Crippen molar-refractivity contribution in [3.8, 4) is 11.5 Å². The molecule has 0 spiro atoms. The van der Waals surface area contributed by atoms with E-state index in [1.54, 1.807) is 18.2 Å². The number of benzene rings is 1. The first kappa shape index (κ1) is 13.3. The molecule has 1 aromatic carbocycles. The van der Waals surface area contributed by atoms with E-state index in [0.29, 0.717) is 17.1 Å². The number of hydrogen-bond acceptors (Lipinski definition) is 5. The number of hydrogen-bond donors (Lipinski definition) is 1. The zero-order chi connectivity index (χ0) is 12.8. The van der Waals surface area contributed by atoms with Gasteiger partial charge in [0, 0.05) is 5.56 Å². The Hall–Kier alpha value is -1.75. The fraction of sp³-hybridized carbons (Fsp3) is 0.417. The molecular formula is C12H16O5. The van der Waals surface area contributed by atoms with Gasteiger partial charge in [-0.1, -0.05) is 0 Å². The molecule has 0 fully saturated rings. The van der Waals surface area contributed by atoms with Gasteiger partial charge in [-0.2, -0.15) is 0 Å². The van der Waals surface area contributed by atoms with Crippen LogP contribution in [0, 0.1) is 0 Å². The van der Waals surface area contributed by atoms with E-state index in [-0.39, 0.29) is 6.42 Å². The molecule has 1 aromatic rings. The molecule has 17 heavy (non-hydrogen) atoms. The van der Waals surface area contributed by atoms with Crippen LogP contribution in [0.1, 0.15) is 18.1 Å². The minimum Gasteiger partial charge on any atom is -0.497 e. The van der Waals surface area contributed by atoms with Crippen LogP contribution in [0.15, 0.2) is 18.2 Å². The average Bonchev–Trinajstić information content (AvgIpc) is 2.37. The van der Waals surface area contributed by atoms with Gasteiger partial charge in [-0.3, -0.25) is 4.79 Å². The smallest absolute Gasteiger partial charge is 0.308 e. The van der Waals surface area contributed by atoms with E-state index in [1.807, 2.05) is 0 Å². The lowest BCUT2D eigenvalue weighted by atomic mass is 10.1. The van der Waals surface area contributed by atoms with Crippen molar-refractivity contribution < 1.29 is 24.1 Å². The summed E-state index contributed by atoms with van der Waals surface area (Å²) >= 11 is 0. The Labute approximate surface area is 99.9 Å². The summed E-state index contributed by atoms with van der Waals surface area (Å²) in [7, 11) is 4.30. The molecule has 0 saturated heterocycles. The minimum atomic E-state index is -0.979. The predicted molar refractivity (Wildman–Crippen MR) is 61.1 cm³/mol. The van der Waals surface area contributed by atoms with Crippen molar-refractivity contribution in [1.82, 2.24) is 0 Å². The lowest BCUT2D eigenvalue weighted by Crippen LogP contribution is -2.09. The van der Waals surface area contributed by atoms with E-state index in [9.17, 15) is 9.90 Å². The van der Waals surface area contributed by atoms with E-state index in [1.165, 1.54) is 21.3 Å². The second-order valence-corrected chi connectivity index (χ2v) is 3.40. The van der Waals surface area contributed by atoms with E-state index < -0.39 is 12.1 Å². The number of methoxy groups -OCH3 is 3. The molecule has 1 unspecified atom stereocenters. The molecule has 0 aliphatic rings. The van der Waals surface area contributed by atoms with Crippen molar-refractivity contribution in [2.24, 2.45) is 0 Å². The molecule has 0 radical (unpaired) electrons. The Balaban J connectivity index is 2.96. The highest BCUT2D eigenvalue weighted by Gasteiger charge is 2.18. The van der Waals surface area contributed by atoms with Gasteiger partial charge >= 0.3 is 5.97 Å². The van der Waals surface area contributed by atoms with Crippen molar-refractivity contribution in [2.75, 3.05) is 21.3 Å². The first-order chi connectivity index (χ1) is 8.12. The number of aliphatic hydroxyl groups is 1. The van der Waals surface area contributed by atoms with E-state index in [2.05, 4.69) is 4.74 Å². The maximum Gasteiger partial charge on any atom is 0.308 e. The van der Waals surface area contributed by atoms with E-state index >= 15 is 0 Å². The van der Waals surface area contributed by atoms with Gasteiger partial charge in [-0.15, -0.1) is 0 Å². The van der Waals surface area contributed by atoms with Crippen molar-refractivity contribution in [1.29, 1.82) is 0 Å². The van der Waals surface area contributed by atoms with Gasteiger partial charge in [0.2, 0.25) is 0 Å². The highest BCUT2D eigenvalue weighted by molar-refractivity contribution is 5.70. The lowest BCUT2D eigenvalue weighted by Gasteiger charge is -2.14. The standard InChI is InChI=1S/C12H16O5/c1-15-8-4-5-11(16-2)9(6-8)10(13)7-12(14)17-3/h4-6,10,13H,7H2,1-3H3. The summed E-state index contributed by atoms with van der Waals surface area (Å²) < 4.78 is 14.7. The maximum absolute atomic E-state index is 11.1. The molecule has 0 amide bonds. The zero-order valence-corrected chi connectivity index (χ0v) is 10.1. The van der Waals surface area contributed by atoms with Gasteiger partial charge in [0.05, 0.1) is 33.9 Å². The molecule has 0 aliphatic carbocycles. The number of ether oxygens (including phenoxy) is 3. The van der Waals surface area contributed by atoms with Crippen LogP contribution >= 0.6 is 0 Å². The van der Waals surface area contributed by atoms with Gasteiger partial charge in [-0.05, 0) is 18.2 Å². The molecule has 1 N–H and O–H groups in total. The molecule has 94 valence electrons. The summed E-state index contributed by atoms with van der Waals surface area (Å²) in [6, 6.07) is 5.02. The molecular weight excluding hydrogens is 224 g/mol. The van der Waals surface area contributed by atoms with Crippen molar-refractivity contribution in [3.63, 3.8) is 0 Å². The molecule has 1 atom stereocenters. The highest BCUT2D eigenvalue weighted by atomic mass is 16.5. The van der Waals surface area contributed by atoms with Gasteiger partial charge in [0.15, 0.2) is 0 Å². The minimum absolute atomic E-state index is 0.125. The molecule has 5 heteroatoms. The predicted octanol–water partition coefficient (Wildman–Crippen LogP) is 1.30. The van der Waals surface area contributed by atoms with Crippen LogP contribution in [0.25, 0.3) is 0 Å². The Morgan fingerprint density at radius 1 is 1.29 bits per heavy atom. The third-order valence-corrected chi connectivity index (χ3v) is 2.38. The van der Waals surface area contributed by atoms with Crippen LogP contribution in [0.4, 0.5) is 0 Å². The summed E-state index contributed by atoms with van der Waals surface area (Å²) in [4.78, 5) is 11.1. The molecule has 5 nitrogen and oxygen atoms in total. The van der Waals surface area contributed by atoms with Crippen molar-refractivity contribution in [3.05, 3.63) is 23.8 Å². The summed E-state index contributed by atoms with van der Waals surface area (Å²) in [5, 5.41) is 9.92. The summed E-state index contributed by atoms with van der Waals surface area (Å²) in [6.07, 6.45) is -1.10. The second kappa shape index (κ2) is 6.10. The average molecular weight is 240 g/mol. The van der Waals surface area contributed by atoms with Gasteiger partial charge < -0.3 is 19.3 Å². The van der Waals surface area contributed by atoms with Gasteiger partial charge in [0.1, 0.15) is 11.5 Å². The normalized spacial score (nSPS) is 11.8. The Morgan fingerprint density at radius 3 is 2.53 bits per heavy atom. The largest absolute Gasteiger partial charge is 0.497 e. The number of esters is 1. The monoisotopic (exact) mass is 240 g/mol. The van der Waals surface area contributed by atoms with Crippen LogP contribution in [-0.4, -0.2) is 32.4 Å². The first-order valence-corrected chi connectivity index (χ1v) is 5.09. The van der Waals surface area contributed by atoms with Crippen LogP contribution in [0.2, 0.25) is 0 Å². The summed E-state index contributed by atoms with van der Waals surface area (Å²) in [5.41, 5.74) is 0.497. The Morgan fingerprint density at radius 2 is 2.00 bits per heavy atom. The number of carbonyl (C=O) groups excluding carboxylic acids is 1. The second-order valence-electron chi connectivity index (χ2n) is 3.40. The third kappa shape index (κ3) is 3.35. The fourth-order valence-electron chi connectivity index (χ4n) is 1.45. The van der Waals surface area contributed by atoms with Gasteiger partial charge in [0.25, 0.3) is 0 Å². The van der Waals surface area contributed by atoms with Crippen LogP contribution in [-0.2, 0) is 9.53 Å². The summed E-state index contributed by atoms with van der Waals surface area (Å²) in [5.74, 6) is 0.606. The Kier molecular flexibility index (Phi) is 4.78. The molecule has 0 aromatic heterocycles. The Bertz CT molecular complexity index is 388. The lowest BCUT2D eigenvalue weighted by molar-refractivity contribution is -0.142. The third-order valence-electron chi connectivity index (χ3n) is 2.38. The molecule has 0 saturated carbocycles. The number of carbonyl (C=O) groups is 1. The summed E-state index contributed by atoms with van der Waals surface area (Å²) in [6.45, 7) is 0. The number of rotatable bonds is 5. The molecule has 0 heterocycles.